The van der Waals surface area contributed by atoms with Crippen LogP contribution in [-0.4, -0.2) is 28.4 Å². The van der Waals surface area contributed by atoms with Gasteiger partial charge in [-0.25, -0.2) is 4.98 Å². The lowest BCUT2D eigenvalue weighted by Crippen LogP contribution is -2.27. The predicted molar refractivity (Wildman–Crippen MR) is 75.4 cm³/mol. The van der Waals surface area contributed by atoms with Crippen LogP contribution in [0, 0.1) is 5.92 Å². The highest BCUT2D eigenvalue weighted by Crippen LogP contribution is 2.28. The summed E-state index contributed by atoms with van der Waals surface area (Å²) in [7, 11) is 1.67. The van der Waals surface area contributed by atoms with Crippen LogP contribution in [0.15, 0.2) is 0 Å². The van der Waals surface area contributed by atoms with Gasteiger partial charge in [-0.2, -0.15) is 4.37 Å². The predicted octanol–water partition coefficient (Wildman–Crippen LogP) is 3.46. The standard InChI is InChI=1S/C12H20ClN3OS/c1-8(17-2)11-15-12(18-16-11)14-10-5-3-4-9(6-10)7-13/h8-10H,3-7H2,1-2H3,(H,14,15,16). The second-order valence-electron chi connectivity index (χ2n) is 4.86. The molecule has 0 amide bonds. The molecule has 18 heavy (non-hydrogen) atoms. The smallest absolute Gasteiger partial charge is 0.202 e. The van der Waals surface area contributed by atoms with E-state index < -0.39 is 0 Å². The summed E-state index contributed by atoms with van der Waals surface area (Å²) in [6.07, 6.45) is 4.79. The minimum absolute atomic E-state index is 0.0428. The molecule has 1 aliphatic rings. The summed E-state index contributed by atoms with van der Waals surface area (Å²) in [6.45, 7) is 1.95. The second-order valence-corrected chi connectivity index (χ2v) is 5.92. The van der Waals surface area contributed by atoms with Crippen molar-refractivity contribution in [1.82, 2.24) is 9.36 Å². The van der Waals surface area contributed by atoms with Gasteiger partial charge in [0.1, 0.15) is 6.10 Å². The highest BCUT2D eigenvalue weighted by atomic mass is 35.5. The Morgan fingerprint density at radius 2 is 2.39 bits per heavy atom. The minimum atomic E-state index is -0.0428. The van der Waals surface area contributed by atoms with Crippen LogP contribution in [-0.2, 0) is 4.74 Å². The van der Waals surface area contributed by atoms with Crippen molar-refractivity contribution in [2.45, 2.75) is 44.8 Å². The van der Waals surface area contributed by atoms with Gasteiger partial charge in [0.05, 0.1) is 0 Å². The van der Waals surface area contributed by atoms with E-state index in [4.69, 9.17) is 16.3 Å². The number of nitrogens with zero attached hydrogens (tertiary/aromatic N) is 2. The first kappa shape index (κ1) is 14.0. The summed E-state index contributed by atoms with van der Waals surface area (Å²) in [5, 5.41) is 4.37. The first-order chi connectivity index (χ1) is 8.72. The second kappa shape index (κ2) is 6.68. The van der Waals surface area contributed by atoms with Gasteiger partial charge in [0.25, 0.3) is 0 Å². The van der Waals surface area contributed by atoms with Crippen LogP contribution in [0.3, 0.4) is 0 Å². The van der Waals surface area contributed by atoms with E-state index in [0.717, 1.165) is 23.3 Å². The van der Waals surface area contributed by atoms with Gasteiger partial charge in [-0.1, -0.05) is 6.42 Å². The van der Waals surface area contributed by atoms with Crippen LogP contribution in [0.25, 0.3) is 0 Å². The van der Waals surface area contributed by atoms with Crippen molar-refractivity contribution < 1.29 is 4.74 Å². The third-order valence-corrected chi connectivity index (χ3v) is 4.58. The molecule has 0 spiro atoms. The zero-order valence-electron chi connectivity index (χ0n) is 10.9. The molecule has 6 heteroatoms. The van der Waals surface area contributed by atoms with Crippen LogP contribution in [0.4, 0.5) is 5.13 Å². The number of nitrogens with one attached hydrogen (secondary N) is 1. The monoisotopic (exact) mass is 289 g/mol. The molecule has 1 heterocycles. The highest BCUT2D eigenvalue weighted by molar-refractivity contribution is 7.09. The van der Waals surface area contributed by atoms with E-state index in [0.29, 0.717) is 12.0 Å². The van der Waals surface area contributed by atoms with E-state index >= 15 is 0 Å². The van der Waals surface area contributed by atoms with Gasteiger partial charge in [-0.05, 0) is 32.1 Å². The Kier molecular flexibility index (Phi) is 5.21. The minimum Gasteiger partial charge on any atom is -0.374 e. The topological polar surface area (TPSA) is 47.0 Å². The number of hydrogen-bond acceptors (Lipinski definition) is 5. The van der Waals surface area contributed by atoms with Gasteiger partial charge in [0.15, 0.2) is 5.82 Å². The number of methoxy groups -OCH3 is 1. The van der Waals surface area contributed by atoms with Gasteiger partial charge in [0.2, 0.25) is 5.13 Å². The van der Waals surface area contributed by atoms with E-state index in [1.54, 1.807) is 7.11 Å². The first-order valence-corrected chi connectivity index (χ1v) is 7.72. The van der Waals surface area contributed by atoms with Crippen molar-refractivity contribution >= 4 is 28.3 Å². The fraction of sp³-hybridized carbons (Fsp3) is 0.833. The lowest BCUT2D eigenvalue weighted by molar-refractivity contribution is 0.113. The Hall–Kier alpha value is -0.390. The van der Waals surface area contributed by atoms with Crippen LogP contribution in [0.2, 0.25) is 0 Å². The van der Waals surface area contributed by atoms with Gasteiger partial charge in [-0.15, -0.1) is 11.6 Å². The van der Waals surface area contributed by atoms with E-state index in [1.807, 2.05) is 6.92 Å². The summed E-state index contributed by atoms with van der Waals surface area (Å²) in [5.41, 5.74) is 0. The van der Waals surface area contributed by atoms with Crippen LogP contribution in [0.1, 0.15) is 44.5 Å². The Balaban J connectivity index is 1.90. The molecule has 1 aromatic rings. The van der Waals surface area contributed by atoms with E-state index in [1.165, 1.54) is 30.8 Å². The molecule has 0 aliphatic heterocycles. The SMILES string of the molecule is COC(C)c1nsc(NC2CCCC(CCl)C2)n1. The molecule has 4 nitrogen and oxygen atoms in total. The molecule has 1 N–H and O–H groups in total. The Labute approximate surface area is 117 Å². The molecule has 1 aromatic heterocycles. The van der Waals surface area contributed by atoms with E-state index in [9.17, 15) is 0 Å². The summed E-state index contributed by atoms with van der Waals surface area (Å²) >= 11 is 7.35. The fourth-order valence-electron chi connectivity index (χ4n) is 2.30. The first-order valence-electron chi connectivity index (χ1n) is 6.41. The number of hydrogen-bond donors (Lipinski definition) is 1. The zero-order valence-corrected chi connectivity index (χ0v) is 12.4. The molecule has 1 saturated carbocycles. The zero-order chi connectivity index (χ0) is 13.0. The Bertz CT molecular complexity index is 374. The maximum atomic E-state index is 5.94. The molecule has 0 aromatic carbocycles. The van der Waals surface area contributed by atoms with Gasteiger partial charge in [0, 0.05) is 30.6 Å². The van der Waals surface area contributed by atoms with Gasteiger partial charge < -0.3 is 10.1 Å². The summed E-state index contributed by atoms with van der Waals surface area (Å²) in [6, 6.07) is 0.487. The van der Waals surface area contributed by atoms with Crippen LogP contribution < -0.4 is 5.32 Å². The molecule has 0 radical (unpaired) electrons. The van der Waals surface area contributed by atoms with Crippen molar-refractivity contribution in [3.63, 3.8) is 0 Å². The molecule has 3 unspecified atom stereocenters. The summed E-state index contributed by atoms with van der Waals surface area (Å²) in [5.74, 6) is 2.16. The summed E-state index contributed by atoms with van der Waals surface area (Å²) < 4.78 is 9.52. The molecular weight excluding hydrogens is 270 g/mol. The molecule has 0 saturated heterocycles. The van der Waals surface area contributed by atoms with Crippen molar-refractivity contribution in [3.8, 4) is 0 Å². The molecule has 1 aliphatic carbocycles. The Morgan fingerprint density at radius 3 is 3.11 bits per heavy atom. The van der Waals surface area contributed by atoms with Crippen molar-refractivity contribution in [2.75, 3.05) is 18.3 Å². The molecule has 102 valence electrons. The van der Waals surface area contributed by atoms with Crippen LogP contribution >= 0.6 is 23.1 Å². The van der Waals surface area contributed by atoms with E-state index in [2.05, 4.69) is 14.7 Å². The molecule has 1 fully saturated rings. The number of rotatable bonds is 5. The maximum absolute atomic E-state index is 5.94. The normalized spacial score (nSPS) is 25.9. The average Bonchev–Trinajstić information content (AvgIpc) is 2.86. The summed E-state index contributed by atoms with van der Waals surface area (Å²) in [4.78, 5) is 4.46. The Morgan fingerprint density at radius 1 is 1.56 bits per heavy atom. The molecule has 0 bridgehead atoms. The van der Waals surface area contributed by atoms with Crippen LogP contribution in [0.5, 0.6) is 0 Å². The number of aromatic nitrogens is 2. The van der Waals surface area contributed by atoms with Crippen molar-refractivity contribution in [3.05, 3.63) is 5.82 Å². The molecule has 3 atom stereocenters. The molecule has 2 rings (SSSR count). The number of halogens is 1. The average molecular weight is 290 g/mol. The lowest BCUT2D eigenvalue weighted by Gasteiger charge is -2.28. The van der Waals surface area contributed by atoms with Gasteiger partial charge >= 0.3 is 0 Å². The highest BCUT2D eigenvalue weighted by Gasteiger charge is 2.22. The number of alkyl halides is 1. The lowest BCUT2D eigenvalue weighted by atomic mass is 9.87. The van der Waals surface area contributed by atoms with Crippen molar-refractivity contribution in [2.24, 2.45) is 5.92 Å². The van der Waals surface area contributed by atoms with Gasteiger partial charge in [-0.3, -0.25) is 0 Å². The number of ether oxygens (including phenoxy) is 1. The largest absolute Gasteiger partial charge is 0.374 e. The third kappa shape index (κ3) is 3.56. The van der Waals surface area contributed by atoms with Crippen molar-refractivity contribution in [1.29, 1.82) is 0 Å². The maximum Gasteiger partial charge on any atom is 0.202 e. The third-order valence-electron chi connectivity index (χ3n) is 3.49. The quantitative estimate of drug-likeness (QED) is 0.844. The van der Waals surface area contributed by atoms with E-state index in [-0.39, 0.29) is 6.10 Å². The molecular formula is C12H20ClN3OS. The fourth-order valence-corrected chi connectivity index (χ4v) is 3.30. The number of anilines is 1.